The van der Waals surface area contributed by atoms with Gasteiger partial charge in [0.2, 0.25) is 0 Å². The fourth-order valence-corrected chi connectivity index (χ4v) is 2.31. The number of carbonyl (C=O) groups is 2. The van der Waals surface area contributed by atoms with Crippen LogP contribution < -0.4 is 10.8 Å². The Morgan fingerprint density at radius 2 is 1.96 bits per heavy atom. The van der Waals surface area contributed by atoms with Crippen LogP contribution in [0.2, 0.25) is 0 Å². The van der Waals surface area contributed by atoms with Crippen molar-refractivity contribution in [3.63, 3.8) is 0 Å². The van der Waals surface area contributed by atoms with E-state index in [0.29, 0.717) is 5.56 Å². The summed E-state index contributed by atoms with van der Waals surface area (Å²) in [4.78, 5) is 23.9. The number of aryl methyl sites for hydroxylation is 1. The van der Waals surface area contributed by atoms with Crippen molar-refractivity contribution in [3.8, 4) is 0 Å². The van der Waals surface area contributed by atoms with Crippen LogP contribution in [-0.4, -0.2) is 32.1 Å². The minimum Gasteiger partial charge on any atom is -0.466 e. The van der Waals surface area contributed by atoms with Gasteiger partial charge in [0, 0.05) is 5.56 Å². The van der Waals surface area contributed by atoms with Crippen LogP contribution in [0.5, 0.6) is 0 Å². The molecule has 0 aliphatic carbocycles. The Morgan fingerprint density at radius 1 is 1.33 bits per heavy atom. The zero-order valence-corrected chi connectivity index (χ0v) is 15.2. The standard InChI is InChI=1S/C17H25BFNO4/c1-6-23-14(21)9-13(20-16(22)24-17(3,4)5)12-8-11(18)7-10(2)15(12)19/h7-8,13H,6,9,18H2,1-5H3,(H,20,22)/t13-/m0/s1. The van der Waals surface area contributed by atoms with Crippen LogP contribution in [0.4, 0.5) is 9.18 Å². The summed E-state index contributed by atoms with van der Waals surface area (Å²) in [7, 11) is 1.82. The third kappa shape index (κ3) is 6.22. The van der Waals surface area contributed by atoms with Gasteiger partial charge in [-0.3, -0.25) is 4.79 Å². The fourth-order valence-electron chi connectivity index (χ4n) is 2.31. The van der Waals surface area contributed by atoms with Crippen LogP contribution in [0, 0.1) is 12.7 Å². The van der Waals surface area contributed by atoms with E-state index in [0.717, 1.165) is 5.46 Å². The van der Waals surface area contributed by atoms with Crippen LogP contribution >= 0.6 is 0 Å². The molecule has 0 saturated heterocycles. The molecule has 0 unspecified atom stereocenters. The molecule has 1 amide bonds. The number of nitrogens with one attached hydrogen (secondary N) is 1. The maximum atomic E-state index is 14.5. The lowest BCUT2D eigenvalue weighted by Crippen LogP contribution is -2.36. The second kappa shape index (κ2) is 8.17. The van der Waals surface area contributed by atoms with E-state index in [2.05, 4.69) is 5.32 Å². The molecule has 0 aliphatic rings. The average molecular weight is 337 g/mol. The Morgan fingerprint density at radius 3 is 2.50 bits per heavy atom. The van der Waals surface area contributed by atoms with Gasteiger partial charge in [-0.1, -0.05) is 17.6 Å². The quantitative estimate of drug-likeness (QED) is 0.659. The number of carbonyl (C=O) groups excluding carboxylic acids is 2. The first-order valence-electron chi connectivity index (χ1n) is 7.95. The zero-order chi connectivity index (χ0) is 18.5. The maximum Gasteiger partial charge on any atom is 0.408 e. The molecule has 1 N–H and O–H groups in total. The van der Waals surface area contributed by atoms with E-state index < -0.39 is 29.5 Å². The molecule has 132 valence electrons. The zero-order valence-electron chi connectivity index (χ0n) is 15.2. The van der Waals surface area contributed by atoms with E-state index in [1.165, 1.54) is 0 Å². The number of rotatable bonds is 5. The van der Waals surface area contributed by atoms with Crippen LogP contribution in [0.3, 0.4) is 0 Å². The molecule has 7 heteroatoms. The predicted octanol–water partition coefficient (Wildman–Crippen LogP) is 1.91. The molecule has 1 aromatic rings. The Kier molecular flexibility index (Phi) is 6.81. The summed E-state index contributed by atoms with van der Waals surface area (Å²) in [6, 6.07) is 2.45. The van der Waals surface area contributed by atoms with Crippen LogP contribution in [0.25, 0.3) is 0 Å². The van der Waals surface area contributed by atoms with E-state index in [-0.39, 0.29) is 18.6 Å². The molecular weight excluding hydrogens is 312 g/mol. The molecule has 0 bridgehead atoms. The van der Waals surface area contributed by atoms with E-state index in [9.17, 15) is 14.0 Å². The summed E-state index contributed by atoms with van der Waals surface area (Å²) in [5.41, 5.74) is 0.833. The van der Waals surface area contributed by atoms with Crippen molar-refractivity contribution in [1.82, 2.24) is 5.32 Å². The van der Waals surface area contributed by atoms with Crippen molar-refractivity contribution in [2.75, 3.05) is 6.61 Å². The molecule has 1 aromatic carbocycles. The second-order valence-electron chi connectivity index (χ2n) is 6.69. The number of benzene rings is 1. The Labute approximate surface area is 143 Å². The van der Waals surface area contributed by atoms with Gasteiger partial charge in [-0.25, -0.2) is 9.18 Å². The maximum absolute atomic E-state index is 14.5. The molecule has 0 spiro atoms. The topological polar surface area (TPSA) is 64.6 Å². The summed E-state index contributed by atoms with van der Waals surface area (Å²) in [6.45, 7) is 8.72. The van der Waals surface area contributed by atoms with Crippen molar-refractivity contribution >= 4 is 25.4 Å². The van der Waals surface area contributed by atoms with Crippen molar-refractivity contribution in [2.45, 2.75) is 52.7 Å². The highest BCUT2D eigenvalue weighted by atomic mass is 19.1. The van der Waals surface area contributed by atoms with E-state index >= 15 is 0 Å². The minimum atomic E-state index is -0.863. The number of esters is 1. The van der Waals surface area contributed by atoms with Gasteiger partial charge in [-0.2, -0.15) is 0 Å². The predicted molar refractivity (Wildman–Crippen MR) is 92.7 cm³/mol. The highest BCUT2D eigenvalue weighted by molar-refractivity contribution is 6.32. The molecule has 0 saturated carbocycles. The second-order valence-corrected chi connectivity index (χ2v) is 6.69. The lowest BCUT2D eigenvalue weighted by Gasteiger charge is -2.24. The fraction of sp³-hybridized carbons (Fsp3) is 0.529. The number of ether oxygens (including phenoxy) is 2. The summed E-state index contributed by atoms with van der Waals surface area (Å²) in [5.74, 6) is -0.969. The summed E-state index contributed by atoms with van der Waals surface area (Å²) in [6.07, 6.45) is -0.886. The molecule has 5 nitrogen and oxygen atoms in total. The van der Waals surface area contributed by atoms with E-state index in [1.807, 2.05) is 7.85 Å². The number of hydrogen-bond acceptors (Lipinski definition) is 4. The van der Waals surface area contributed by atoms with Gasteiger partial charge in [0.05, 0.1) is 19.1 Å². The van der Waals surface area contributed by atoms with Gasteiger partial charge in [0.25, 0.3) is 0 Å². The number of hydrogen-bond donors (Lipinski definition) is 1. The third-order valence-electron chi connectivity index (χ3n) is 3.17. The van der Waals surface area contributed by atoms with Crippen molar-refractivity contribution < 1.29 is 23.5 Å². The molecule has 0 heterocycles. The molecule has 0 fully saturated rings. The van der Waals surface area contributed by atoms with Crippen molar-refractivity contribution in [1.29, 1.82) is 0 Å². The number of halogens is 1. The van der Waals surface area contributed by atoms with Crippen LogP contribution in [0.15, 0.2) is 12.1 Å². The van der Waals surface area contributed by atoms with E-state index in [1.54, 1.807) is 46.8 Å². The highest BCUT2D eigenvalue weighted by Gasteiger charge is 2.26. The van der Waals surface area contributed by atoms with Gasteiger partial charge in [-0.05, 0) is 40.2 Å². The van der Waals surface area contributed by atoms with Crippen molar-refractivity contribution in [2.24, 2.45) is 0 Å². The first-order valence-corrected chi connectivity index (χ1v) is 7.95. The first-order chi connectivity index (χ1) is 11.0. The van der Waals surface area contributed by atoms with Gasteiger partial charge in [-0.15, -0.1) is 0 Å². The Bertz CT molecular complexity index is 613. The van der Waals surface area contributed by atoms with Crippen LogP contribution in [0.1, 0.15) is 51.3 Å². The summed E-state index contributed by atoms with van der Waals surface area (Å²) >= 11 is 0. The normalized spacial score (nSPS) is 12.4. The molecule has 0 radical (unpaired) electrons. The highest BCUT2D eigenvalue weighted by Crippen LogP contribution is 2.23. The SMILES string of the molecule is Bc1cc(C)c(F)c([C@H](CC(=O)OCC)NC(=O)OC(C)(C)C)c1. The monoisotopic (exact) mass is 337 g/mol. The largest absolute Gasteiger partial charge is 0.466 e. The lowest BCUT2D eigenvalue weighted by molar-refractivity contribution is -0.143. The third-order valence-corrected chi connectivity index (χ3v) is 3.17. The lowest BCUT2D eigenvalue weighted by atomic mass is 9.89. The molecule has 24 heavy (non-hydrogen) atoms. The van der Waals surface area contributed by atoms with Gasteiger partial charge in [0.1, 0.15) is 19.3 Å². The molecule has 1 atom stereocenters. The van der Waals surface area contributed by atoms with Gasteiger partial charge < -0.3 is 14.8 Å². The average Bonchev–Trinajstić information content (AvgIpc) is 2.40. The van der Waals surface area contributed by atoms with E-state index in [4.69, 9.17) is 9.47 Å². The summed E-state index contributed by atoms with van der Waals surface area (Å²) < 4.78 is 24.6. The van der Waals surface area contributed by atoms with Crippen LogP contribution in [-0.2, 0) is 14.3 Å². The van der Waals surface area contributed by atoms with Crippen molar-refractivity contribution in [3.05, 3.63) is 29.1 Å². The number of alkyl carbamates (subject to hydrolysis) is 1. The molecule has 0 aromatic heterocycles. The molecule has 0 aliphatic heterocycles. The number of amides is 1. The Balaban J connectivity index is 3.10. The minimum absolute atomic E-state index is 0.174. The molecular formula is C17H25BFNO4. The van der Waals surface area contributed by atoms with Gasteiger partial charge in [0.15, 0.2) is 0 Å². The molecule has 1 rings (SSSR count). The van der Waals surface area contributed by atoms with Gasteiger partial charge >= 0.3 is 12.1 Å². The first kappa shape index (κ1) is 20.0. The summed E-state index contributed by atoms with van der Waals surface area (Å²) in [5, 5.41) is 2.57. The Hall–Kier alpha value is -2.05. The smallest absolute Gasteiger partial charge is 0.408 e.